The van der Waals surface area contributed by atoms with Crippen molar-refractivity contribution in [3.8, 4) is 0 Å². The van der Waals surface area contributed by atoms with Gasteiger partial charge in [-0.15, -0.1) is 0 Å². The molecule has 0 spiro atoms. The number of aromatic nitrogens is 3. The predicted octanol–water partition coefficient (Wildman–Crippen LogP) is 1.98. The Hall–Kier alpha value is -3.55. The zero-order chi connectivity index (χ0) is 21.1. The summed E-state index contributed by atoms with van der Waals surface area (Å²) in [5, 5.41) is 7.51. The van der Waals surface area contributed by atoms with Crippen molar-refractivity contribution >= 4 is 28.5 Å². The molecule has 1 saturated heterocycles. The Kier molecular flexibility index (Phi) is 5.56. The van der Waals surface area contributed by atoms with Gasteiger partial charge in [0, 0.05) is 24.2 Å². The van der Waals surface area contributed by atoms with Gasteiger partial charge in [-0.25, -0.2) is 4.98 Å². The van der Waals surface area contributed by atoms with E-state index in [1.54, 1.807) is 33.8 Å². The van der Waals surface area contributed by atoms with Crippen LogP contribution in [0.1, 0.15) is 18.5 Å². The van der Waals surface area contributed by atoms with Crippen molar-refractivity contribution in [1.29, 1.82) is 0 Å². The Morgan fingerprint density at radius 3 is 2.83 bits per heavy atom. The molecular weight excluding hydrogens is 382 g/mol. The monoisotopic (exact) mass is 405 g/mol. The minimum absolute atomic E-state index is 0.0224. The average molecular weight is 405 g/mol. The van der Waals surface area contributed by atoms with Crippen molar-refractivity contribution in [2.45, 2.75) is 26.3 Å². The maximum Gasteiger partial charge on any atom is 0.244 e. The Bertz CT molecular complexity index is 1160. The maximum absolute atomic E-state index is 12.9. The lowest BCUT2D eigenvalue weighted by Crippen LogP contribution is -2.45. The molecule has 1 aromatic carbocycles. The molecule has 1 aliphatic rings. The summed E-state index contributed by atoms with van der Waals surface area (Å²) in [7, 11) is 0. The number of hydrogen-bond donors (Lipinski definition) is 1. The molecule has 1 aliphatic heterocycles. The minimum atomic E-state index is -0.288. The summed E-state index contributed by atoms with van der Waals surface area (Å²) in [4.78, 5) is 43.6. The second-order valence-corrected chi connectivity index (χ2v) is 7.52. The van der Waals surface area contributed by atoms with Gasteiger partial charge in [-0.1, -0.05) is 18.2 Å². The van der Waals surface area contributed by atoms with Gasteiger partial charge < -0.3 is 10.2 Å². The van der Waals surface area contributed by atoms with Crippen LogP contribution in [0.4, 0.5) is 5.82 Å². The molecule has 1 unspecified atom stereocenters. The van der Waals surface area contributed by atoms with Crippen molar-refractivity contribution in [1.82, 2.24) is 19.7 Å². The normalized spacial score (nSPS) is 16.4. The van der Waals surface area contributed by atoms with E-state index >= 15 is 0 Å². The first-order valence-electron chi connectivity index (χ1n) is 9.98. The van der Waals surface area contributed by atoms with Gasteiger partial charge in [0.05, 0.1) is 17.6 Å². The molecule has 0 saturated carbocycles. The molecule has 3 aromatic rings. The summed E-state index contributed by atoms with van der Waals surface area (Å²) in [5.41, 5.74) is 1.28. The number of hydrogen-bond acceptors (Lipinski definition) is 5. The summed E-state index contributed by atoms with van der Waals surface area (Å²) >= 11 is 0. The third-order valence-corrected chi connectivity index (χ3v) is 5.33. The second-order valence-electron chi connectivity index (χ2n) is 7.52. The molecule has 154 valence electrons. The number of amides is 2. The molecule has 2 amide bonds. The number of carbonyl (C=O) groups is 2. The van der Waals surface area contributed by atoms with Gasteiger partial charge >= 0.3 is 0 Å². The van der Waals surface area contributed by atoms with Gasteiger partial charge in [0.15, 0.2) is 0 Å². The third-order valence-electron chi connectivity index (χ3n) is 5.33. The molecule has 8 nitrogen and oxygen atoms in total. The van der Waals surface area contributed by atoms with Crippen LogP contribution >= 0.6 is 0 Å². The highest BCUT2D eigenvalue weighted by molar-refractivity contribution is 5.92. The highest BCUT2D eigenvalue weighted by atomic mass is 16.2. The molecule has 8 heteroatoms. The van der Waals surface area contributed by atoms with E-state index in [2.05, 4.69) is 15.4 Å². The number of aryl methyl sites for hydroxylation is 1. The van der Waals surface area contributed by atoms with Crippen LogP contribution in [0.2, 0.25) is 0 Å². The number of carbonyl (C=O) groups excluding carboxylic acids is 2. The Balaban J connectivity index is 1.44. The van der Waals surface area contributed by atoms with E-state index in [-0.39, 0.29) is 29.7 Å². The van der Waals surface area contributed by atoms with E-state index in [0.29, 0.717) is 29.8 Å². The molecule has 0 aliphatic carbocycles. The van der Waals surface area contributed by atoms with Gasteiger partial charge in [-0.05, 0) is 44.0 Å². The molecule has 1 fully saturated rings. The molecule has 30 heavy (non-hydrogen) atoms. The number of benzene rings is 1. The van der Waals surface area contributed by atoms with Crippen molar-refractivity contribution in [2.24, 2.45) is 5.92 Å². The number of nitrogens with zero attached hydrogens (tertiary/aromatic N) is 4. The first-order chi connectivity index (χ1) is 14.5. The number of pyridine rings is 1. The molecular formula is C22H23N5O3. The number of fused-ring (bicyclic) bond motifs is 1. The summed E-state index contributed by atoms with van der Waals surface area (Å²) in [6.07, 6.45) is 2.71. The summed E-state index contributed by atoms with van der Waals surface area (Å²) < 4.78 is 1.54. The van der Waals surface area contributed by atoms with Crippen LogP contribution in [0.25, 0.3) is 10.9 Å². The summed E-state index contributed by atoms with van der Waals surface area (Å²) in [6, 6.07) is 12.6. The van der Waals surface area contributed by atoms with E-state index in [1.807, 2.05) is 25.1 Å². The standard InChI is InChI=1S/C22H23N5O3/c1-15-6-4-10-20(24-15)25-22(30)16-7-5-11-26(13-16)21(29)14-27-18-9-3-2-8-17(18)19(28)12-23-27/h2-4,6,8-10,12,16H,5,7,11,13-14H2,1H3,(H,24,25,30). The van der Waals surface area contributed by atoms with Crippen molar-refractivity contribution in [2.75, 3.05) is 18.4 Å². The summed E-state index contributed by atoms with van der Waals surface area (Å²) in [6.45, 7) is 2.85. The predicted molar refractivity (Wildman–Crippen MR) is 113 cm³/mol. The molecule has 0 bridgehead atoms. The molecule has 0 radical (unpaired) electrons. The molecule has 2 aromatic heterocycles. The number of nitrogens with one attached hydrogen (secondary N) is 1. The topological polar surface area (TPSA) is 97.2 Å². The Labute approximate surface area is 173 Å². The lowest BCUT2D eigenvalue weighted by Gasteiger charge is -2.32. The number of anilines is 1. The highest BCUT2D eigenvalue weighted by Crippen LogP contribution is 2.19. The first kappa shape index (κ1) is 19.8. The minimum Gasteiger partial charge on any atom is -0.340 e. The number of piperidine rings is 1. The highest BCUT2D eigenvalue weighted by Gasteiger charge is 2.29. The van der Waals surface area contributed by atoms with Crippen LogP contribution in [0.5, 0.6) is 0 Å². The molecule has 3 heterocycles. The Morgan fingerprint density at radius 2 is 2.00 bits per heavy atom. The zero-order valence-corrected chi connectivity index (χ0v) is 16.7. The van der Waals surface area contributed by atoms with Crippen molar-refractivity contribution in [3.63, 3.8) is 0 Å². The smallest absolute Gasteiger partial charge is 0.244 e. The first-order valence-corrected chi connectivity index (χ1v) is 9.98. The van der Waals surface area contributed by atoms with Crippen molar-refractivity contribution < 1.29 is 9.59 Å². The quantitative estimate of drug-likeness (QED) is 0.716. The van der Waals surface area contributed by atoms with Gasteiger partial charge in [-0.3, -0.25) is 19.1 Å². The van der Waals surface area contributed by atoms with Gasteiger partial charge in [0.25, 0.3) is 0 Å². The van der Waals surface area contributed by atoms with Crippen LogP contribution in [0, 0.1) is 12.8 Å². The van der Waals surface area contributed by atoms with E-state index < -0.39 is 0 Å². The van der Waals surface area contributed by atoms with Crippen LogP contribution < -0.4 is 10.7 Å². The van der Waals surface area contributed by atoms with Gasteiger partial charge in [0.2, 0.25) is 17.2 Å². The average Bonchev–Trinajstić information content (AvgIpc) is 2.76. The summed E-state index contributed by atoms with van der Waals surface area (Å²) in [5.74, 6) is -0.0175. The molecule has 4 rings (SSSR count). The van der Waals surface area contributed by atoms with Crippen LogP contribution in [-0.2, 0) is 16.1 Å². The number of para-hydroxylation sites is 1. The van der Waals surface area contributed by atoms with E-state index in [9.17, 15) is 14.4 Å². The largest absolute Gasteiger partial charge is 0.340 e. The maximum atomic E-state index is 12.9. The fourth-order valence-electron chi connectivity index (χ4n) is 3.77. The van der Waals surface area contributed by atoms with Crippen LogP contribution in [-0.4, -0.2) is 44.6 Å². The lowest BCUT2D eigenvalue weighted by atomic mass is 9.97. The van der Waals surface area contributed by atoms with Gasteiger partial charge in [-0.2, -0.15) is 5.10 Å². The molecule has 1 N–H and O–H groups in total. The number of rotatable bonds is 4. The Morgan fingerprint density at radius 1 is 1.17 bits per heavy atom. The van der Waals surface area contributed by atoms with E-state index in [1.165, 1.54) is 6.20 Å². The SMILES string of the molecule is Cc1cccc(NC(=O)C2CCCN(C(=O)Cn3ncc(=O)c4ccccc43)C2)n1. The second kappa shape index (κ2) is 8.44. The van der Waals surface area contributed by atoms with Gasteiger partial charge in [0.1, 0.15) is 12.4 Å². The fourth-order valence-corrected chi connectivity index (χ4v) is 3.77. The third kappa shape index (κ3) is 4.22. The van der Waals surface area contributed by atoms with Crippen LogP contribution in [0.3, 0.4) is 0 Å². The fraction of sp³-hybridized carbons (Fsp3) is 0.318. The zero-order valence-electron chi connectivity index (χ0n) is 16.7. The van der Waals surface area contributed by atoms with Crippen molar-refractivity contribution in [3.05, 3.63) is 64.6 Å². The molecule has 1 atom stereocenters. The van der Waals surface area contributed by atoms with E-state index in [4.69, 9.17) is 0 Å². The lowest BCUT2D eigenvalue weighted by molar-refractivity contribution is -0.135. The van der Waals surface area contributed by atoms with E-state index in [0.717, 1.165) is 18.5 Å². The number of likely N-dealkylation sites (tertiary alicyclic amines) is 1. The van der Waals surface area contributed by atoms with Crippen LogP contribution in [0.15, 0.2) is 53.5 Å².